The largest absolute Gasteiger partial charge is 0.497 e. The van der Waals surface area contributed by atoms with Gasteiger partial charge in [-0.05, 0) is 101 Å². The Morgan fingerprint density at radius 1 is 1.13 bits per heavy atom. The van der Waals surface area contributed by atoms with Crippen molar-refractivity contribution in [2.24, 2.45) is 17.8 Å². The maximum absolute atomic E-state index is 14.7. The summed E-state index contributed by atoms with van der Waals surface area (Å²) in [5.41, 5.74) is -2.49. The van der Waals surface area contributed by atoms with Crippen LogP contribution < -0.4 is 24.8 Å². The molecule has 2 aliphatic heterocycles. The van der Waals surface area contributed by atoms with Gasteiger partial charge in [0, 0.05) is 23.9 Å². The van der Waals surface area contributed by atoms with Crippen molar-refractivity contribution < 1.29 is 46.2 Å². The number of halogens is 1. The van der Waals surface area contributed by atoms with Crippen molar-refractivity contribution in [2.45, 2.75) is 114 Å². The Morgan fingerprint density at radius 3 is 2.55 bits per heavy atom. The highest BCUT2D eigenvalue weighted by Gasteiger charge is 2.64. The van der Waals surface area contributed by atoms with Gasteiger partial charge in [0.25, 0.3) is 5.91 Å². The normalized spacial score (nSPS) is 29.5. The lowest BCUT2D eigenvalue weighted by atomic mass is 9.88. The van der Waals surface area contributed by atoms with Gasteiger partial charge in [-0.2, -0.15) is 0 Å². The Kier molecular flexibility index (Phi) is 11.1. The molecule has 7 atom stereocenters. The summed E-state index contributed by atoms with van der Waals surface area (Å²) in [6.45, 7) is 7.88. The molecule has 0 unspecified atom stereocenters. The Labute approximate surface area is 321 Å². The van der Waals surface area contributed by atoms with Crippen molar-refractivity contribution in [3.05, 3.63) is 42.6 Å². The molecule has 55 heavy (non-hydrogen) atoms. The number of fused-ring (bicyclic) bond motifs is 3. The molecule has 14 nitrogen and oxygen atoms in total. The highest BCUT2D eigenvalue weighted by molar-refractivity contribution is 7.91. The first kappa shape index (κ1) is 40.2. The van der Waals surface area contributed by atoms with Crippen LogP contribution in [0.2, 0.25) is 0 Å². The van der Waals surface area contributed by atoms with E-state index in [1.807, 2.05) is 25.1 Å². The molecule has 300 valence electrons. The minimum Gasteiger partial charge on any atom is -0.497 e. The van der Waals surface area contributed by atoms with Gasteiger partial charge in [-0.15, -0.1) is 0 Å². The van der Waals surface area contributed by atoms with Crippen molar-refractivity contribution in [3.63, 3.8) is 0 Å². The van der Waals surface area contributed by atoms with Crippen LogP contribution in [0.5, 0.6) is 11.6 Å². The van der Waals surface area contributed by atoms with E-state index < -0.39 is 80.5 Å². The molecule has 2 aliphatic carbocycles. The zero-order valence-electron chi connectivity index (χ0n) is 32.2. The number of hydrogen-bond acceptors (Lipinski definition) is 10. The van der Waals surface area contributed by atoms with Gasteiger partial charge in [0.1, 0.15) is 46.5 Å². The van der Waals surface area contributed by atoms with Gasteiger partial charge >= 0.3 is 6.09 Å². The summed E-state index contributed by atoms with van der Waals surface area (Å²) in [4.78, 5) is 62.1. The van der Waals surface area contributed by atoms with Crippen LogP contribution in [-0.2, 0) is 29.1 Å². The number of allylic oxidation sites excluding steroid dienone is 1. The maximum atomic E-state index is 14.7. The molecule has 4 aliphatic rings. The van der Waals surface area contributed by atoms with Gasteiger partial charge in [-0.25, -0.2) is 22.6 Å². The first-order valence-corrected chi connectivity index (χ1v) is 20.4. The molecule has 6 rings (SSSR count). The molecule has 3 heterocycles. The van der Waals surface area contributed by atoms with Crippen LogP contribution in [0.15, 0.2) is 42.6 Å². The highest BCUT2D eigenvalue weighted by Crippen LogP contribution is 2.48. The second kappa shape index (κ2) is 15.2. The van der Waals surface area contributed by atoms with Gasteiger partial charge in [0.2, 0.25) is 27.7 Å². The molecule has 0 spiro atoms. The predicted octanol–water partition coefficient (Wildman–Crippen LogP) is 4.32. The molecule has 0 radical (unpaired) electrons. The molecule has 2 saturated carbocycles. The SMILES string of the molecule is COc1ccc2c(O[C@@H]3C[C@H]4C(=O)N[C@]5(C(=O)NS(=O)(=O)C6(CF)CC6)C[C@H]5C=CCC[C@@H](C)C[C@@H](C)[C@H](NC(=O)OC(C)(C)C)C(=O)N4C3)nccc2c1. The highest BCUT2D eigenvalue weighted by atomic mass is 32.2. The molecule has 3 N–H and O–H groups in total. The number of benzene rings is 1. The molecule has 1 saturated heterocycles. The van der Waals surface area contributed by atoms with E-state index in [-0.39, 0.29) is 49.9 Å². The topological polar surface area (TPSA) is 182 Å². The van der Waals surface area contributed by atoms with Gasteiger partial charge in [-0.1, -0.05) is 26.0 Å². The minimum atomic E-state index is -4.38. The summed E-state index contributed by atoms with van der Waals surface area (Å²) < 4.78 is 57.9. The number of nitrogens with one attached hydrogen (secondary N) is 3. The number of alkyl carbamates (subject to hydrolysis) is 1. The molecule has 16 heteroatoms. The van der Waals surface area contributed by atoms with Crippen molar-refractivity contribution >= 4 is 44.6 Å². The molecule has 1 aromatic heterocycles. The number of sulfonamides is 1. The van der Waals surface area contributed by atoms with E-state index in [2.05, 4.69) is 27.3 Å². The predicted molar refractivity (Wildman–Crippen MR) is 201 cm³/mol. The summed E-state index contributed by atoms with van der Waals surface area (Å²) in [7, 11) is -2.82. The number of ether oxygens (including phenoxy) is 3. The van der Waals surface area contributed by atoms with Crippen LogP contribution in [0.3, 0.4) is 0 Å². The standard InChI is InChI=1S/C39H52FN5O9S/c1-23-9-7-8-10-26-20-39(26,35(48)44-55(50,51)38(22-40)14-15-38)43-32(46)30-19-28(53-33-29-12-11-27(52-6)18-25(29)13-16-41-33)21-45(30)34(47)31(24(2)17-23)42-36(49)54-37(3,4)5/h8,10-13,16,18,23-24,26,28,30-31H,7,9,14-15,17,19-22H2,1-6H3,(H,42,49)(H,43,46)(H,44,48)/t23-,24-,26-,28-,30+,31+,39-/m1/s1. The van der Waals surface area contributed by atoms with E-state index in [0.717, 1.165) is 11.8 Å². The van der Waals surface area contributed by atoms with E-state index in [1.54, 1.807) is 52.3 Å². The minimum absolute atomic E-state index is 0.00277. The first-order chi connectivity index (χ1) is 25.9. The number of carbonyl (C=O) groups excluding carboxylic acids is 4. The number of aromatic nitrogens is 1. The van der Waals surface area contributed by atoms with Gasteiger partial charge in [0.05, 0.1) is 13.7 Å². The molecule has 1 aromatic carbocycles. The summed E-state index contributed by atoms with van der Waals surface area (Å²) >= 11 is 0. The van der Waals surface area contributed by atoms with Crippen LogP contribution in [0.4, 0.5) is 9.18 Å². The fraction of sp³-hybridized carbons (Fsp3) is 0.615. The molecule has 0 bridgehead atoms. The Morgan fingerprint density at radius 2 is 1.87 bits per heavy atom. The third-order valence-electron chi connectivity index (χ3n) is 11.2. The average molecular weight is 786 g/mol. The fourth-order valence-electron chi connectivity index (χ4n) is 7.69. The van der Waals surface area contributed by atoms with E-state index in [9.17, 15) is 32.0 Å². The molecular formula is C39H52FN5O9S. The lowest BCUT2D eigenvalue weighted by molar-refractivity contribution is -0.142. The number of hydrogen-bond donors (Lipinski definition) is 3. The summed E-state index contributed by atoms with van der Waals surface area (Å²) in [6.07, 6.45) is 5.97. The van der Waals surface area contributed by atoms with E-state index in [0.29, 0.717) is 24.0 Å². The zero-order chi connectivity index (χ0) is 39.9. The maximum Gasteiger partial charge on any atom is 0.408 e. The molecular weight excluding hydrogens is 734 g/mol. The average Bonchev–Trinajstić information content (AvgIpc) is 4.02. The quantitative estimate of drug-likeness (QED) is 0.326. The number of alkyl halides is 1. The van der Waals surface area contributed by atoms with Crippen LogP contribution in [-0.4, -0.2) is 96.5 Å². The smallest absolute Gasteiger partial charge is 0.408 e. The number of carbonyl (C=O) groups is 4. The summed E-state index contributed by atoms with van der Waals surface area (Å²) in [6, 6.07) is 4.95. The summed E-state index contributed by atoms with van der Waals surface area (Å²) in [5.74, 6) is -2.06. The van der Waals surface area contributed by atoms with Crippen LogP contribution in [0.25, 0.3) is 10.8 Å². The van der Waals surface area contributed by atoms with Crippen LogP contribution in [0, 0.1) is 17.8 Å². The van der Waals surface area contributed by atoms with Crippen molar-refractivity contribution in [2.75, 3.05) is 20.3 Å². The number of nitrogens with zero attached hydrogens (tertiary/aromatic N) is 2. The second-order valence-electron chi connectivity index (χ2n) is 16.7. The van der Waals surface area contributed by atoms with E-state index in [1.165, 1.54) is 4.90 Å². The van der Waals surface area contributed by atoms with E-state index in [4.69, 9.17) is 14.2 Å². The Bertz CT molecular complexity index is 1970. The van der Waals surface area contributed by atoms with Gasteiger partial charge in [-0.3, -0.25) is 19.1 Å². The van der Waals surface area contributed by atoms with Crippen LogP contribution in [0.1, 0.15) is 79.6 Å². The number of rotatable bonds is 8. The van der Waals surface area contributed by atoms with E-state index >= 15 is 0 Å². The Balaban J connectivity index is 1.35. The van der Waals surface area contributed by atoms with Crippen LogP contribution >= 0.6 is 0 Å². The van der Waals surface area contributed by atoms with Crippen molar-refractivity contribution in [1.82, 2.24) is 25.2 Å². The third-order valence-corrected chi connectivity index (χ3v) is 13.3. The fourth-order valence-corrected chi connectivity index (χ4v) is 9.12. The van der Waals surface area contributed by atoms with Gasteiger partial charge in [0.15, 0.2) is 0 Å². The second-order valence-corrected chi connectivity index (χ2v) is 18.7. The third kappa shape index (κ3) is 8.53. The monoisotopic (exact) mass is 785 g/mol. The number of amides is 4. The summed E-state index contributed by atoms with van der Waals surface area (Å²) in [5, 5.41) is 7.09. The van der Waals surface area contributed by atoms with Gasteiger partial charge < -0.3 is 29.7 Å². The number of pyridine rings is 1. The molecule has 3 fully saturated rings. The Hall–Kier alpha value is -4.47. The lowest BCUT2D eigenvalue weighted by Gasteiger charge is -2.33. The molecule has 2 aromatic rings. The van der Waals surface area contributed by atoms with Crippen molar-refractivity contribution in [3.8, 4) is 11.6 Å². The zero-order valence-corrected chi connectivity index (χ0v) is 33.0. The first-order valence-electron chi connectivity index (χ1n) is 18.9. The number of methoxy groups -OCH3 is 1. The molecule has 4 amide bonds. The lowest BCUT2D eigenvalue weighted by Crippen LogP contribution is -2.59. The van der Waals surface area contributed by atoms with Crippen molar-refractivity contribution in [1.29, 1.82) is 0 Å².